The highest BCUT2D eigenvalue weighted by Crippen LogP contribution is 2.30. The summed E-state index contributed by atoms with van der Waals surface area (Å²) in [6, 6.07) is 0. The number of rotatable bonds is 6. The molecule has 0 saturated carbocycles. The average Bonchev–Trinajstić information content (AvgIpc) is 2.18. The molecule has 0 amide bonds. The summed E-state index contributed by atoms with van der Waals surface area (Å²) in [5, 5.41) is 9.05. The molecule has 0 aromatic rings. The van der Waals surface area contributed by atoms with Crippen molar-refractivity contribution in [3.05, 3.63) is 0 Å². The molecule has 1 atom stereocenters. The number of hydrogen-bond acceptors (Lipinski definition) is 3. The Bertz CT molecular complexity index is 212. The van der Waals surface area contributed by atoms with Crippen molar-refractivity contribution in [2.75, 3.05) is 7.11 Å². The highest BCUT2D eigenvalue weighted by atomic mass is 16.5. The van der Waals surface area contributed by atoms with Gasteiger partial charge in [0, 0.05) is 0 Å². The van der Waals surface area contributed by atoms with Crippen LogP contribution in [-0.2, 0) is 14.3 Å². The largest absolute Gasteiger partial charge is 0.480 e. The number of hydrogen-bond donors (Lipinski definition) is 1. The highest BCUT2D eigenvalue weighted by molar-refractivity contribution is 5.99. The number of carboxylic acids is 1. The van der Waals surface area contributed by atoms with Gasteiger partial charge in [-0.2, -0.15) is 0 Å². The van der Waals surface area contributed by atoms with Gasteiger partial charge in [0.1, 0.15) is 0 Å². The third-order valence-corrected chi connectivity index (χ3v) is 2.55. The maximum atomic E-state index is 11.4. The molecule has 0 aliphatic carbocycles. The maximum Gasteiger partial charge on any atom is 0.323 e. The molecule has 0 aliphatic heterocycles. The smallest absolute Gasteiger partial charge is 0.323 e. The van der Waals surface area contributed by atoms with E-state index in [9.17, 15) is 9.59 Å². The number of carbonyl (C=O) groups excluding carboxylic acids is 1. The standard InChI is InChI=1S/C10H18O4/c1-4-6-7-10(5-2,8(11)12)9(13)14-3/h4-7H2,1-3H3,(H,11,12). The van der Waals surface area contributed by atoms with E-state index in [2.05, 4.69) is 4.74 Å². The van der Waals surface area contributed by atoms with Crippen molar-refractivity contribution >= 4 is 11.9 Å². The van der Waals surface area contributed by atoms with E-state index in [0.717, 1.165) is 12.8 Å². The van der Waals surface area contributed by atoms with Crippen LogP contribution in [0.15, 0.2) is 0 Å². The third kappa shape index (κ3) is 2.47. The predicted octanol–water partition coefficient (Wildman–Crippen LogP) is 1.83. The summed E-state index contributed by atoms with van der Waals surface area (Å²) < 4.78 is 4.55. The molecule has 1 unspecified atom stereocenters. The van der Waals surface area contributed by atoms with Crippen molar-refractivity contribution in [1.29, 1.82) is 0 Å². The van der Waals surface area contributed by atoms with E-state index in [4.69, 9.17) is 5.11 Å². The van der Waals surface area contributed by atoms with Crippen LogP contribution in [0.2, 0.25) is 0 Å². The van der Waals surface area contributed by atoms with Gasteiger partial charge in [-0.3, -0.25) is 9.59 Å². The molecule has 0 bridgehead atoms. The lowest BCUT2D eigenvalue weighted by Crippen LogP contribution is -2.39. The van der Waals surface area contributed by atoms with Gasteiger partial charge in [-0.1, -0.05) is 26.7 Å². The summed E-state index contributed by atoms with van der Waals surface area (Å²) in [7, 11) is 1.22. The van der Waals surface area contributed by atoms with Crippen molar-refractivity contribution in [1.82, 2.24) is 0 Å². The lowest BCUT2D eigenvalue weighted by Gasteiger charge is -2.24. The van der Waals surface area contributed by atoms with Crippen LogP contribution >= 0.6 is 0 Å². The summed E-state index contributed by atoms with van der Waals surface area (Å²) >= 11 is 0. The van der Waals surface area contributed by atoms with Gasteiger partial charge in [-0.05, 0) is 12.8 Å². The van der Waals surface area contributed by atoms with Gasteiger partial charge in [0.05, 0.1) is 7.11 Å². The van der Waals surface area contributed by atoms with E-state index < -0.39 is 17.4 Å². The van der Waals surface area contributed by atoms with E-state index in [-0.39, 0.29) is 6.42 Å². The van der Waals surface area contributed by atoms with Crippen LogP contribution < -0.4 is 0 Å². The Hall–Kier alpha value is -1.06. The molecule has 4 heteroatoms. The maximum absolute atomic E-state index is 11.4. The van der Waals surface area contributed by atoms with Crippen LogP contribution in [-0.4, -0.2) is 24.2 Å². The number of methoxy groups -OCH3 is 1. The van der Waals surface area contributed by atoms with Gasteiger partial charge in [-0.25, -0.2) is 0 Å². The zero-order valence-corrected chi connectivity index (χ0v) is 9.00. The molecular formula is C10H18O4. The Morgan fingerprint density at radius 2 is 1.93 bits per heavy atom. The number of carbonyl (C=O) groups is 2. The van der Waals surface area contributed by atoms with Crippen LogP contribution in [0.3, 0.4) is 0 Å². The molecule has 0 spiro atoms. The molecule has 0 saturated heterocycles. The number of aliphatic carboxylic acids is 1. The molecule has 4 nitrogen and oxygen atoms in total. The molecule has 0 aliphatic rings. The topological polar surface area (TPSA) is 63.6 Å². The average molecular weight is 202 g/mol. The molecule has 82 valence electrons. The quantitative estimate of drug-likeness (QED) is 0.527. The summed E-state index contributed by atoms with van der Waals surface area (Å²) in [5.74, 6) is -1.72. The molecular weight excluding hydrogens is 184 g/mol. The third-order valence-electron chi connectivity index (χ3n) is 2.55. The fraction of sp³-hybridized carbons (Fsp3) is 0.800. The van der Waals surface area contributed by atoms with Gasteiger partial charge in [0.25, 0.3) is 0 Å². The summed E-state index contributed by atoms with van der Waals surface area (Å²) in [6.45, 7) is 3.65. The number of carboxylic acid groups (broad SMARTS) is 1. The zero-order chi connectivity index (χ0) is 11.2. The fourth-order valence-electron chi connectivity index (χ4n) is 1.44. The second-order valence-electron chi connectivity index (χ2n) is 3.34. The molecule has 1 N–H and O–H groups in total. The van der Waals surface area contributed by atoms with Gasteiger partial charge in [0.15, 0.2) is 5.41 Å². The lowest BCUT2D eigenvalue weighted by atomic mass is 9.80. The Morgan fingerprint density at radius 1 is 1.36 bits per heavy atom. The zero-order valence-electron chi connectivity index (χ0n) is 9.00. The van der Waals surface area contributed by atoms with Crippen LogP contribution in [0.5, 0.6) is 0 Å². The second kappa shape index (κ2) is 5.62. The van der Waals surface area contributed by atoms with E-state index >= 15 is 0 Å². The van der Waals surface area contributed by atoms with E-state index in [1.54, 1.807) is 6.92 Å². The van der Waals surface area contributed by atoms with Crippen molar-refractivity contribution in [2.45, 2.75) is 39.5 Å². The molecule has 0 rings (SSSR count). The van der Waals surface area contributed by atoms with E-state index in [1.807, 2.05) is 6.92 Å². The van der Waals surface area contributed by atoms with Crippen molar-refractivity contribution < 1.29 is 19.4 Å². The second-order valence-corrected chi connectivity index (χ2v) is 3.34. The minimum Gasteiger partial charge on any atom is -0.480 e. The minimum atomic E-state index is -1.34. The van der Waals surface area contributed by atoms with E-state index in [0.29, 0.717) is 6.42 Å². The Morgan fingerprint density at radius 3 is 2.21 bits per heavy atom. The van der Waals surface area contributed by atoms with Crippen LogP contribution in [0.4, 0.5) is 0 Å². The number of esters is 1. The Balaban J connectivity index is 4.78. The molecule has 0 fully saturated rings. The summed E-state index contributed by atoms with van der Waals surface area (Å²) in [6.07, 6.45) is 2.21. The first-order valence-electron chi connectivity index (χ1n) is 4.87. The first-order valence-corrected chi connectivity index (χ1v) is 4.87. The Kier molecular flexibility index (Phi) is 5.20. The van der Waals surface area contributed by atoms with Gasteiger partial charge in [-0.15, -0.1) is 0 Å². The number of ether oxygens (including phenoxy) is 1. The summed E-state index contributed by atoms with van der Waals surface area (Å²) in [4.78, 5) is 22.5. The Labute approximate surface area is 84.3 Å². The summed E-state index contributed by atoms with van der Waals surface area (Å²) in [5.41, 5.74) is -1.34. The molecule has 0 radical (unpaired) electrons. The number of unbranched alkanes of at least 4 members (excludes halogenated alkanes) is 1. The van der Waals surface area contributed by atoms with E-state index in [1.165, 1.54) is 7.11 Å². The normalized spacial score (nSPS) is 14.5. The van der Waals surface area contributed by atoms with Gasteiger partial charge >= 0.3 is 11.9 Å². The SMILES string of the molecule is CCCCC(CC)(C(=O)O)C(=O)OC. The van der Waals surface area contributed by atoms with Crippen LogP contribution in [0.25, 0.3) is 0 Å². The molecule has 14 heavy (non-hydrogen) atoms. The molecule has 0 heterocycles. The molecule has 0 aromatic carbocycles. The minimum absolute atomic E-state index is 0.273. The first-order chi connectivity index (χ1) is 6.55. The molecule has 0 aromatic heterocycles. The van der Waals surface area contributed by atoms with Crippen molar-refractivity contribution in [3.63, 3.8) is 0 Å². The highest BCUT2D eigenvalue weighted by Gasteiger charge is 2.44. The van der Waals surface area contributed by atoms with Gasteiger partial charge < -0.3 is 9.84 Å². The van der Waals surface area contributed by atoms with Crippen LogP contribution in [0.1, 0.15) is 39.5 Å². The predicted molar refractivity (Wildman–Crippen MR) is 51.9 cm³/mol. The van der Waals surface area contributed by atoms with Crippen molar-refractivity contribution in [2.24, 2.45) is 5.41 Å². The lowest BCUT2D eigenvalue weighted by molar-refractivity contribution is -0.168. The first kappa shape index (κ1) is 12.9. The fourth-order valence-corrected chi connectivity index (χ4v) is 1.44. The van der Waals surface area contributed by atoms with Crippen molar-refractivity contribution in [3.8, 4) is 0 Å². The monoisotopic (exact) mass is 202 g/mol. The van der Waals surface area contributed by atoms with Gasteiger partial charge in [0.2, 0.25) is 0 Å². The van der Waals surface area contributed by atoms with Crippen LogP contribution in [0, 0.1) is 5.41 Å².